The summed E-state index contributed by atoms with van der Waals surface area (Å²) in [6.07, 6.45) is 2.55. The molecule has 116 valence electrons. The molecule has 2 atom stereocenters. The summed E-state index contributed by atoms with van der Waals surface area (Å²) in [4.78, 5) is 25.5. The molecule has 0 bridgehead atoms. The van der Waals surface area contributed by atoms with E-state index >= 15 is 0 Å². The SMILES string of the molecule is CCN(CC)C(=O)CCCC(=O)NC1CCNCC1C. The lowest BCUT2D eigenvalue weighted by Crippen LogP contribution is -2.48. The van der Waals surface area contributed by atoms with E-state index in [-0.39, 0.29) is 17.9 Å². The molecule has 0 aromatic carbocycles. The van der Waals surface area contributed by atoms with Gasteiger partial charge in [0.2, 0.25) is 11.8 Å². The number of piperidine rings is 1. The third-order valence-electron chi connectivity index (χ3n) is 4.04. The van der Waals surface area contributed by atoms with Gasteiger partial charge < -0.3 is 15.5 Å². The summed E-state index contributed by atoms with van der Waals surface area (Å²) in [5.74, 6) is 0.708. The Kier molecular flexibility index (Phi) is 7.59. The van der Waals surface area contributed by atoms with Gasteiger partial charge in [0, 0.05) is 32.0 Å². The van der Waals surface area contributed by atoms with E-state index in [2.05, 4.69) is 17.6 Å². The van der Waals surface area contributed by atoms with Crippen LogP contribution >= 0.6 is 0 Å². The fraction of sp³-hybridized carbons (Fsp3) is 0.867. The highest BCUT2D eigenvalue weighted by Crippen LogP contribution is 2.11. The summed E-state index contributed by atoms with van der Waals surface area (Å²) in [5.41, 5.74) is 0. The zero-order valence-electron chi connectivity index (χ0n) is 13.1. The molecule has 0 saturated carbocycles. The molecule has 0 spiro atoms. The van der Waals surface area contributed by atoms with Crippen LogP contribution < -0.4 is 10.6 Å². The van der Waals surface area contributed by atoms with Gasteiger partial charge in [-0.05, 0) is 45.7 Å². The van der Waals surface area contributed by atoms with E-state index in [0.29, 0.717) is 25.2 Å². The minimum Gasteiger partial charge on any atom is -0.353 e. The molecule has 2 unspecified atom stereocenters. The number of carbonyl (C=O) groups excluding carboxylic acids is 2. The Morgan fingerprint density at radius 3 is 2.55 bits per heavy atom. The van der Waals surface area contributed by atoms with Gasteiger partial charge in [0.25, 0.3) is 0 Å². The van der Waals surface area contributed by atoms with Crippen LogP contribution in [0.3, 0.4) is 0 Å². The third kappa shape index (κ3) is 5.49. The Hall–Kier alpha value is -1.10. The van der Waals surface area contributed by atoms with Gasteiger partial charge in [0.15, 0.2) is 0 Å². The number of nitrogens with zero attached hydrogens (tertiary/aromatic N) is 1. The predicted octanol–water partition coefficient (Wildman–Crippen LogP) is 1.14. The molecule has 5 heteroatoms. The smallest absolute Gasteiger partial charge is 0.222 e. The fourth-order valence-corrected chi connectivity index (χ4v) is 2.64. The van der Waals surface area contributed by atoms with Crippen LogP contribution in [-0.4, -0.2) is 48.9 Å². The standard InChI is InChI=1S/C15H29N3O2/c1-4-18(5-2)15(20)8-6-7-14(19)17-13-9-10-16-11-12(13)3/h12-13,16H,4-11H2,1-3H3,(H,17,19). The average molecular weight is 283 g/mol. The Balaban J connectivity index is 2.21. The predicted molar refractivity (Wildman–Crippen MR) is 80.4 cm³/mol. The van der Waals surface area contributed by atoms with E-state index in [0.717, 1.165) is 32.6 Å². The van der Waals surface area contributed by atoms with Crippen molar-refractivity contribution in [2.24, 2.45) is 5.92 Å². The van der Waals surface area contributed by atoms with Crippen LogP contribution in [0, 0.1) is 5.92 Å². The Morgan fingerprint density at radius 1 is 1.25 bits per heavy atom. The van der Waals surface area contributed by atoms with E-state index in [4.69, 9.17) is 0 Å². The van der Waals surface area contributed by atoms with Crippen LogP contribution in [0.5, 0.6) is 0 Å². The van der Waals surface area contributed by atoms with Gasteiger partial charge in [-0.25, -0.2) is 0 Å². The molecule has 1 saturated heterocycles. The van der Waals surface area contributed by atoms with Crippen molar-refractivity contribution >= 4 is 11.8 Å². The van der Waals surface area contributed by atoms with Gasteiger partial charge >= 0.3 is 0 Å². The number of hydrogen-bond acceptors (Lipinski definition) is 3. The van der Waals surface area contributed by atoms with Gasteiger partial charge in [-0.3, -0.25) is 9.59 Å². The van der Waals surface area contributed by atoms with E-state index in [1.165, 1.54) is 0 Å². The lowest BCUT2D eigenvalue weighted by molar-refractivity contribution is -0.131. The molecular formula is C15H29N3O2. The minimum absolute atomic E-state index is 0.0797. The van der Waals surface area contributed by atoms with Gasteiger partial charge in [-0.1, -0.05) is 6.92 Å². The van der Waals surface area contributed by atoms with Crippen LogP contribution in [0.2, 0.25) is 0 Å². The third-order valence-corrected chi connectivity index (χ3v) is 4.04. The topological polar surface area (TPSA) is 61.4 Å². The molecule has 1 heterocycles. The molecule has 0 aromatic heterocycles. The van der Waals surface area contributed by atoms with E-state index < -0.39 is 0 Å². The summed E-state index contributed by atoms with van der Waals surface area (Å²) in [6.45, 7) is 9.53. The van der Waals surface area contributed by atoms with Crippen LogP contribution in [0.15, 0.2) is 0 Å². The summed E-state index contributed by atoms with van der Waals surface area (Å²) >= 11 is 0. The van der Waals surface area contributed by atoms with E-state index in [1.807, 2.05) is 18.7 Å². The Bertz CT molecular complexity index is 316. The van der Waals surface area contributed by atoms with Crippen molar-refractivity contribution < 1.29 is 9.59 Å². The van der Waals surface area contributed by atoms with Crippen molar-refractivity contribution in [2.45, 2.75) is 52.5 Å². The minimum atomic E-state index is 0.0797. The van der Waals surface area contributed by atoms with Gasteiger partial charge in [0.1, 0.15) is 0 Å². The van der Waals surface area contributed by atoms with Crippen molar-refractivity contribution in [1.29, 1.82) is 0 Å². The van der Waals surface area contributed by atoms with Crippen LogP contribution in [0.4, 0.5) is 0 Å². The Morgan fingerprint density at radius 2 is 1.95 bits per heavy atom. The molecular weight excluding hydrogens is 254 g/mol. The molecule has 2 N–H and O–H groups in total. The maximum atomic E-state index is 11.9. The zero-order chi connectivity index (χ0) is 15.0. The average Bonchev–Trinajstić information content (AvgIpc) is 2.43. The second kappa shape index (κ2) is 8.95. The maximum absolute atomic E-state index is 11.9. The summed E-state index contributed by atoms with van der Waals surface area (Å²) in [6, 6.07) is 0.280. The highest BCUT2D eigenvalue weighted by Gasteiger charge is 2.22. The molecule has 0 aromatic rings. The number of rotatable bonds is 7. The van der Waals surface area contributed by atoms with Crippen LogP contribution in [0.25, 0.3) is 0 Å². The highest BCUT2D eigenvalue weighted by molar-refractivity contribution is 5.79. The molecule has 0 aliphatic carbocycles. The largest absolute Gasteiger partial charge is 0.353 e. The molecule has 1 aliphatic rings. The Labute approximate surface area is 122 Å². The summed E-state index contributed by atoms with van der Waals surface area (Å²) in [5, 5.41) is 6.42. The van der Waals surface area contributed by atoms with Crippen molar-refractivity contribution in [3.05, 3.63) is 0 Å². The molecule has 1 aliphatic heterocycles. The molecule has 0 radical (unpaired) electrons. The molecule has 1 fully saturated rings. The van der Waals surface area contributed by atoms with Crippen molar-refractivity contribution in [2.75, 3.05) is 26.2 Å². The van der Waals surface area contributed by atoms with E-state index in [1.54, 1.807) is 0 Å². The molecule has 2 amide bonds. The summed E-state index contributed by atoms with van der Waals surface area (Å²) in [7, 11) is 0. The van der Waals surface area contributed by atoms with Gasteiger partial charge in [-0.2, -0.15) is 0 Å². The number of carbonyl (C=O) groups is 2. The number of hydrogen-bond donors (Lipinski definition) is 2. The van der Waals surface area contributed by atoms with Crippen molar-refractivity contribution in [1.82, 2.24) is 15.5 Å². The number of nitrogens with one attached hydrogen (secondary N) is 2. The maximum Gasteiger partial charge on any atom is 0.222 e. The molecule has 1 rings (SSSR count). The van der Waals surface area contributed by atoms with Gasteiger partial charge in [-0.15, -0.1) is 0 Å². The molecule has 20 heavy (non-hydrogen) atoms. The van der Waals surface area contributed by atoms with Gasteiger partial charge in [0.05, 0.1) is 0 Å². The first kappa shape index (κ1) is 17.0. The first-order chi connectivity index (χ1) is 9.58. The summed E-state index contributed by atoms with van der Waals surface area (Å²) < 4.78 is 0. The monoisotopic (exact) mass is 283 g/mol. The first-order valence-corrected chi connectivity index (χ1v) is 7.86. The molecule has 5 nitrogen and oxygen atoms in total. The van der Waals surface area contributed by atoms with Crippen molar-refractivity contribution in [3.8, 4) is 0 Å². The van der Waals surface area contributed by atoms with E-state index in [9.17, 15) is 9.59 Å². The van der Waals surface area contributed by atoms with Crippen LogP contribution in [0.1, 0.15) is 46.5 Å². The number of amides is 2. The lowest BCUT2D eigenvalue weighted by atomic mass is 9.95. The second-order valence-electron chi connectivity index (χ2n) is 5.56. The first-order valence-electron chi connectivity index (χ1n) is 7.86. The second-order valence-corrected chi connectivity index (χ2v) is 5.56. The van der Waals surface area contributed by atoms with Crippen molar-refractivity contribution in [3.63, 3.8) is 0 Å². The highest BCUT2D eigenvalue weighted by atomic mass is 16.2. The lowest BCUT2D eigenvalue weighted by Gasteiger charge is -2.30. The normalized spacial score (nSPS) is 22.4. The zero-order valence-corrected chi connectivity index (χ0v) is 13.1. The van der Waals surface area contributed by atoms with Crippen LogP contribution in [-0.2, 0) is 9.59 Å². The quantitative estimate of drug-likeness (QED) is 0.736. The fourth-order valence-electron chi connectivity index (χ4n) is 2.64.